The molecule has 1 saturated heterocycles. The van der Waals surface area contributed by atoms with Gasteiger partial charge < -0.3 is 15.8 Å². The fraction of sp³-hybridized carbons (Fsp3) is 0.909. The van der Waals surface area contributed by atoms with Gasteiger partial charge in [0.1, 0.15) is 0 Å². The summed E-state index contributed by atoms with van der Waals surface area (Å²) in [6.45, 7) is 5.94. The summed E-state index contributed by atoms with van der Waals surface area (Å²) < 4.78 is 5.39. The Bertz CT molecular complexity index is 213. The van der Waals surface area contributed by atoms with Gasteiger partial charge >= 0.3 is 0 Å². The molecule has 4 heteroatoms. The molecule has 1 rings (SSSR count). The third kappa shape index (κ3) is 3.80. The highest BCUT2D eigenvalue weighted by molar-refractivity contribution is 5.79. The van der Waals surface area contributed by atoms with E-state index in [9.17, 15) is 4.79 Å². The topological polar surface area (TPSA) is 64.4 Å². The Kier molecular flexibility index (Phi) is 4.54. The monoisotopic (exact) mass is 214 g/mol. The standard InChI is InChI=1S/C11H22N2O2/c1-9(4-6-12)10(14)13-11(2)5-3-7-15-8-11/h9H,3-8,12H2,1-2H3,(H,13,14). The number of ether oxygens (including phenoxy) is 1. The Morgan fingerprint density at radius 1 is 1.67 bits per heavy atom. The van der Waals surface area contributed by atoms with Crippen molar-refractivity contribution in [2.75, 3.05) is 19.8 Å². The van der Waals surface area contributed by atoms with Crippen LogP contribution in [0.5, 0.6) is 0 Å². The summed E-state index contributed by atoms with van der Waals surface area (Å²) in [5, 5.41) is 3.06. The quantitative estimate of drug-likeness (QED) is 0.722. The maximum atomic E-state index is 11.8. The first-order valence-electron chi connectivity index (χ1n) is 5.67. The van der Waals surface area contributed by atoms with Gasteiger partial charge in [-0.2, -0.15) is 0 Å². The maximum Gasteiger partial charge on any atom is 0.223 e. The highest BCUT2D eigenvalue weighted by Crippen LogP contribution is 2.19. The highest BCUT2D eigenvalue weighted by atomic mass is 16.5. The van der Waals surface area contributed by atoms with E-state index in [1.54, 1.807) is 0 Å². The second-order valence-corrected chi connectivity index (χ2v) is 4.68. The molecule has 1 heterocycles. The minimum absolute atomic E-state index is 0.00579. The van der Waals surface area contributed by atoms with E-state index in [1.807, 2.05) is 13.8 Å². The van der Waals surface area contributed by atoms with Gasteiger partial charge in [-0.3, -0.25) is 4.79 Å². The van der Waals surface area contributed by atoms with Crippen molar-refractivity contribution in [2.24, 2.45) is 11.7 Å². The average Bonchev–Trinajstić information content (AvgIpc) is 2.18. The molecule has 1 aliphatic rings. The number of nitrogens with one attached hydrogen (secondary N) is 1. The molecule has 0 aromatic rings. The molecular formula is C11H22N2O2. The smallest absolute Gasteiger partial charge is 0.223 e. The molecule has 0 radical (unpaired) electrons. The fourth-order valence-electron chi connectivity index (χ4n) is 1.83. The molecule has 15 heavy (non-hydrogen) atoms. The second kappa shape index (κ2) is 5.47. The van der Waals surface area contributed by atoms with Crippen LogP contribution in [-0.4, -0.2) is 31.2 Å². The summed E-state index contributed by atoms with van der Waals surface area (Å²) in [5.74, 6) is 0.0854. The van der Waals surface area contributed by atoms with Crippen LogP contribution in [-0.2, 0) is 9.53 Å². The van der Waals surface area contributed by atoms with Gasteiger partial charge in [-0.05, 0) is 32.7 Å². The number of hydrogen-bond acceptors (Lipinski definition) is 3. The van der Waals surface area contributed by atoms with Gasteiger partial charge in [-0.1, -0.05) is 6.92 Å². The van der Waals surface area contributed by atoms with Gasteiger partial charge in [0.2, 0.25) is 5.91 Å². The van der Waals surface area contributed by atoms with Gasteiger partial charge in [-0.25, -0.2) is 0 Å². The van der Waals surface area contributed by atoms with Crippen molar-refractivity contribution in [1.29, 1.82) is 0 Å². The third-order valence-electron chi connectivity index (χ3n) is 2.91. The van der Waals surface area contributed by atoms with Crippen LogP contribution in [0.3, 0.4) is 0 Å². The molecule has 0 aromatic heterocycles. The lowest BCUT2D eigenvalue weighted by Gasteiger charge is -2.35. The van der Waals surface area contributed by atoms with Crippen LogP contribution in [0.2, 0.25) is 0 Å². The summed E-state index contributed by atoms with van der Waals surface area (Å²) in [6, 6.07) is 0. The molecule has 0 aliphatic carbocycles. The Hall–Kier alpha value is -0.610. The molecule has 88 valence electrons. The zero-order chi connectivity index (χ0) is 11.3. The number of amides is 1. The van der Waals surface area contributed by atoms with E-state index in [-0.39, 0.29) is 17.4 Å². The lowest BCUT2D eigenvalue weighted by atomic mass is 9.93. The van der Waals surface area contributed by atoms with Gasteiger partial charge in [0.05, 0.1) is 12.1 Å². The Balaban J connectivity index is 2.41. The summed E-state index contributed by atoms with van der Waals surface area (Å²) in [4.78, 5) is 11.8. The Morgan fingerprint density at radius 3 is 2.93 bits per heavy atom. The first kappa shape index (κ1) is 12.5. The van der Waals surface area contributed by atoms with Gasteiger partial charge in [-0.15, -0.1) is 0 Å². The first-order chi connectivity index (χ1) is 7.07. The van der Waals surface area contributed by atoms with E-state index in [0.29, 0.717) is 13.2 Å². The Morgan fingerprint density at radius 2 is 2.40 bits per heavy atom. The molecule has 2 atom stereocenters. The number of carbonyl (C=O) groups is 1. The fourth-order valence-corrected chi connectivity index (χ4v) is 1.83. The lowest BCUT2D eigenvalue weighted by Crippen LogP contribution is -2.53. The van der Waals surface area contributed by atoms with Crippen molar-refractivity contribution in [1.82, 2.24) is 5.32 Å². The van der Waals surface area contributed by atoms with Crippen molar-refractivity contribution < 1.29 is 9.53 Å². The average molecular weight is 214 g/mol. The number of carbonyl (C=O) groups excluding carboxylic acids is 1. The zero-order valence-corrected chi connectivity index (χ0v) is 9.71. The maximum absolute atomic E-state index is 11.8. The van der Waals surface area contributed by atoms with E-state index < -0.39 is 0 Å². The van der Waals surface area contributed by atoms with Crippen molar-refractivity contribution in [3.05, 3.63) is 0 Å². The van der Waals surface area contributed by atoms with Gasteiger partial charge in [0.25, 0.3) is 0 Å². The van der Waals surface area contributed by atoms with Gasteiger partial charge in [0.15, 0.2) is 0 Å². The van der Waals surface area contributed by atoms with E-state index >= 15 is 0 Å². The number of rotatable bonds is 4. The molecule has 0 saturated carbocycles. The molecule has 1 fully saturated rings. The van der Waals surface area contributed by atoms with Crippen molar-refractivity contribution in [3.8, 4) is 0 Å². The van der Waals surface area contributed by atoms with E-state index in [2.05, 4.69) is 5.32 Å². The van der Waals surface area contributed by atoms with Crippen molar-refractivity contribution >= 4 is 5.91 Å². The van der Waals surface area contributed by atoms with Crippen LogP contribution in [0.15, 0.2) is 0 Å². The van der Waals surface area contributed by atoms with E-state index in [1.165, 1.54) is 0 Å². The SMILES string of the molecule is CC(CCN)C(=O)NC1(C)CCCOC1. The molecule has 3 N–H and O–H groups in total. The zero-order valence-electron chi connectivity index (χ0n) is 9.71. The van der Waals surface area contributed by atoms with Crippen molar-refractivity contribution in [3.63, 3.8) is 0 Å². The minimum Gasteiger partial charge on any atom is -0.379 e. The molecule has 1 amide bonds. The van der Waals surface area contributed by atoms with Gasteiger partial charge in [0, 0.05) is 12.5 Å². The van der Waals surface area contributed by atoms with Crippen LogP contribution >= 0.6 is 0 Å². The lowest BCUT2D eigenvalue weighted by molar-refractivity contribution is -0.128. The predicted octanol–water partition coefficient (Wildman–Crippen LogP) is 0.657. The Labute approximate surface area is 91.5 Å². The van der Waals surface area contributed by atoms with Crippen molar-refractivity contribution in [2.45, 2.75) is 38.6 Å². The summed E-state index contributed by atoms with van der Waals surface area (Å²) >= 11 is 0. The number of hydrogen-bond donors (Lipinski definition) is 2. The highest BCUT2D eigenvalue weighted by Gasteiger charge is 2.30. The minimum atomic E-state index is -0.182. The van der Waals surface area contributed by atoms with Crippen LogP contribution in [0, 0.1) is 5.92 Å². The molecule has 1 aliphatic heterocycles. The van der Waals surface area contributed by atoms with Crippen LogP contribution in [0.4, 0.5) is 0 Å². The molecule has 0 bridgehead atoms. The molecular weight excluding hydrogens is 192 g/mol. The van der Waals surface area contributed by atoms with E-state index in [4.69, 9.17) is 10.5 Å². The third-order valence-corrected chi connectivity index (χ3v) is 2.91. The van der Waals surface area contributed by atoms with Crippen LogP contribution in [0.25, 0.3) is 0 Å². The van der Waals surface area contributed by atoms with Crippen LogP contribution in [0.1, 0.15) is 33.1 Å². The molecule has 0 aromatic carbocycles. The molecule has 4 nitrogen and oxygen atoms in total. The first-order valence-corrected chi connectivity index (χ1v) is 5.67. The second-order valence-electron chi connectivity index (χ2n) is 4.68. The largest absolute Gasteiger partial charge is 0.379 e. The molecule has 0 spiro atoms. The predicted molar refractivity (Wildman–Crippen MR) is 59.4 cm³/mol. The normalized spacial score (nSPS) is 28.5. The molecule has 2 unspecified atom stereocenters. The van der Waals surface area contributed by atoms with E-state index in [0.717, 1.165) is 25.9 Å². The van der Waals surface area contributed by atoms with Crippen LogP contribution < -0.4 is 11.1 Å². The summed E-state index contributed by atoms with van der Waals surface area (Å²) in [7, 11) is 0. The summed E-state index contributed by atoms with van der Waals surface area (Å²) in [6.07, 6.45) is 2.75. The summed E-state index contributed by atoms with van der Waals surface area (Å²) in [5.41, 5.74) is 5.25. The number of nitrogens with two attached hydrogens (primary N) is 1.